The summed E-state index contributed by atoms with van der Waals surface area (Å²) in [7, 11) is 0. The Bertz CT molecular complexity index is 1490. The van der Waals surface area contributed by atoms with E-state index in [0.717, 1.165) is 16.7 Å². The number of nitrogens with zero attached hydrogens (tertiary/aromatic N) is 2. The summed E-state index contributed by atoms with van der Waals surface area (Å²) in [6.45, 7) is 3.00. The number of thioether (sulfide) groups is 1. The lowest BCUT2D eigenvalue weighted by Crippen LogP contribution is -2.28. The van der Waals surface area contributed by atoms with Gasteiger partial charge >= 0.3 is 5.97 Å². The smallest absolute Gasteiger partial charge is 0.338 e. The van der Waals surface area contributed by atoms with Crippen molar-refractivity contribution in [1.82, 2.24) is 4.90 Å². The van der Waals surface area contributed by atoms with Gasteiger partial charge in [-0.1, -0.05) is 72.8 Å². The molecule has 3 aromatic carbocycles. The molecule has 0 radical (unpaired) electrons. The lowest BCUT2D eigenvalue weighted by molar-refractivity contribution is -0.122. The second kappa shape index (κ2) is 11.8. The van der Waals surface area contributed by atoms with Crippen molar-refractivity contribution >= 4 is 34.9 Å². The third kappa shape index (κ3) is 5.95. The van der Waals surface area contributed by atoms with Gasteiger partial charge in [0.15, 0.2) is 5.17 Å². The van der Waals surface area contributed by atoms with Crippen LogP contribution in [0.1, 0.15) is 34.2 Å². The third-order valence-electron chi connectivity index (χ3n) is 5.87. The molecule has 1 amide bonds. The van der Waals surface area contributed by atoms with E-state index in [1.807, 2.05) is 78.9 Å². The maximum Gasteiger partial charge on any atom is 0.338 e. The summed E-state index contributed by atoms with van der Waals surface area (Å²) in [6, 6.07) is 30.6. The van der Waals surface area contributed by atoms with Gasteiger partial charge in [-0.15, -0.1) is 0 Å². The second-order valence-corrected chi connectivity index (χ2v) is 9.58. The number of amides is 1. The predicted molar refractivity (Wildman–Crippen MR) is 150 cm³/mol. The molecule has 1 aliphatic heterocycles. The maximum absolute atomic E-state index is 13.5. The van der Waals surface area contributed by atoms with Crippen molar-refractivity contribution in [3.8, 4) is 11.3 Å². The first kappa shape index (κ1) is 25.3. The number of hydrogen-bond acceptors (Lipinski definition) is 6. The van der Waals surface area contributed by atoms with Gasteiger partial charge in [-0.25, -0.2) is 4.79 Å². The van der Waals surface area contributed by atoms with Crippen molar-refractivity contribution in [2.24, 2.45) is 4.99 Å². The molecule has 6 nitrogen and oxygen atoms in total. The average Bonchev–Trinajstić information content (AvgIpc) is 3.54. The number of hydrogen-bond donors (Lipinski definition) is 0. The van der Waals surface area contributed by atoms with Crippen LogP contribution in [0.5, 0.6) is 0 Å². The Morgan fingerprint density at radius 1 is 0.947 bits per heavy atom. The SMILES string of the molecule is CCOC(=O)c1cccc(-c2ccc(/C=C3\SC(=NCc4ccccc4)N(Cc4ccccc4)C3=O)o2)c1. The molecular weight excluding hydrogens is 496 g/mol. The van der Waals surface area contributed by atoms with E-state index in [0.29, 0.717) is 46.9 Å². The van der Waals surface area contributed by atoms with Crippen LogP contribution in [0.3, 0.4) is 0 Å². The highest BCUT2D eigenvalue weighted by Gasteiger charge is 2.33. The molecule has 190 valence electrons. The van der Waals surface area contributed by atoms with Gasteiger partial charge in [-0.2, -0.15) is 0 Å². The minimum absolute atomic E-state index is 0.118. The lowest BCUT2D eigenvalue weighted by atomic mass is 10.1. The highest BCUT2D eigenvalue weighted by molar-refractivity contribution is 8.18. The van der Waals surface area contributed by atoms with Crippen LogP contribution in [0, 0.1) is 0 Å². The van der Waals surface area contributed by atoms with Gasteiger partial charge in [-0.05, 0) is 54.1 Å². The summed E-state index contributed by atoms with van der Waals surface area (Å²) in [5.41, 5.74) is 3.31. The zero-order valence-electron chi connectivity index (χ0n) is 20.9. The van der Waals surface area contributed by atoms with Crippen LogP contribution in [0.15, 0.2) is 111 Å². The quantitative estimate of drug-likeness (QED) is 0.188. The van der Waals surface area contributed by atoms with E-state index in [1.165, 1.54) is 11.8 Å². The summed E-state index contributed by atoms with van der Waals surface area (Å²) >= 11 is 1.34. The number of esters is 1. The predicted octanol–water partition coefficient (Wildman–Crippen LogP) is 6.80. The number of amidine groups is 1. The molecule has 0 atom stereocenters. The van der Waals surface area contributed by atoms with E-state index in [4.69, 9.17) is 14.1 Å². The molecule has 4 aromatic rings. The van der Waals surface area contributed by atoms with Crippen molar-refractivity contribution in [2.45, 2.75) is 20.0 Å². The summed E-state index contributed by atoms with van der Waals surface area (Å²) < 4.78 is 11.1. The van der Waals surface area contributed by atoms with E-state index in [1.54, 1.807) is 36.1 Å². The summed E-state index contributed by atoms with van der Waals surface area (Å²) in [4.78, 5) is 32.6. The summed E-state index contributed by atoms with van der Waals surface area (Å²) in [5, 5.41) is 0.655. The van der Waals surface area contributed by atoms with Crippen LogP contribution >= 0.6 is 11.8 Å². The number of aliphatic imine (C=N–C) groups is 1. The van der Waals surface area contributed by atoms with Crippen molar-refractivity contribution in [3.63, 3.8) is 0 Å². The van der Waals surface area contributed by atoms with Crippen LogP contribution in [0.2, 0.25) is 0 Å². The monoisotopic (exact) mass is 522 g/mol. The van der Waals surface area contributed by atoms with Crippen LogP contribution in [-0.2, 0) is 22.6 Å². The number of benzene rings is 3. The number of rotatable bonds is 8. The maximum atomic E-state index is 13.5. The molecular formula is C31H26N2O4S. The van der Waals surface area contributed by atoms with Gasteiger partial charge in [0.1, 0.15) is 11.5 Å². The number of furan rings is 1. The van der Waals surface area contributed by atoms with Gasteiger partial charge in [0, 0.05) is 11.6 Å². The van der Waals surface area contributed by atoms with Crippen LogP contribution < -0.4 is 0 Å². The highest BCUT2D eigenvalue weighted by Crippen LogP contribution is 2.35. The van der Waals surface area contributed by atoms with E-state index in [9.17, 15) is 9.59 Å². The van der Waals surface area contributed by atoms with Crippen molar-refractivity contribution in [1.29, 1.82) is 0 Å². The second-order valence-electron chi connectivity index (χ2n) is 8.58. The molecule has 1 fully saturated rings. The Balaban J connectivity index is 1.40. The van der Waals surface area contributed by atoms with Gasteiger partial charge in [0.2, 0.25) is 0 Å². The van der Waals surface area contributed by atoms with Crippen molar-refractivity contribution < 1.29 is 18.7 Å². The van der Waals surface area contributed by atoms with Gasteiger partial charge in [0.05, 0.1) is 30.2 Å². The van der Waals surface area contributed by atoms with Crippen molar-refractivity contribution in [2.75, 3.05) is 6.61 Å². The molecule has 2 heterocycles. The first-order valence-electron chi connectivity index (χ1n) is 12.3. The lowest BCUT2D eigenvalue weighted by Gasteiger charge is -2.15. The fourth-order valence-corrected chi connectivity index (χ4v) is 4.96. The van der Waals surface area contributed by atoms with Crippen LogP contribution in [-0.4, -0.2) is 28.6 Å². The molecule has 0 unspecified atom stereocenters. The fraction of sp³-hybridized carbons (Fsp3) is 0.129. The normalized spacial score (nSPS) is 15.4. The minimum Gasteiger partial charge on any atom is -0.462 e. The molecule has 0 aliphatic carbocycles. The van der Waals surface area contributed by atoms with E-state index < -0.39 is 0 Å². The standard InChI is InChI=1S/C31H26N2O4S/c1-2-36-30(35)25-15-9-14-24(18-25)27-17-16-26(37-27)19-28-29(34)33(21-23-12-7-4-8-13-23)31(38-28)32-20-22-10-5-3-6-11-22/h3-19H,2,20-21H2,1H3/b28-19-,32-31?. The topological polar surface area (TPSA) is 72.1 Å². The third-order valence-corrected chi connectivity index (χ3v) is 6.91. The van der Waals surface area contributed by atoms with Crippen molar-refractivity contribution in [3.05, 3.63) is 124 Å². The molecule has 1 aliphatic rings. The van der Waals surface area contributed by atoms with Gasteiger partial charge < -0.3 is 9.15 Å². The minimum atomic E-state index is -0.378. The largest absolute Gasteiger partial charge is 0.462 e. The summed E-state index contributed by atoms with van der Waals surface area (Å²) in [6.07, 6.45) is 1.74. The van der Waals surface area contributed by atoms with Crippen LogP contribution in [0.25, 0.3) is 17.4 Å². The average molecular weight is 523 g/mol. The Hall–Kier alpha value is -4.36. The summed E-state index contributed by atoms with van der Waals surface area (Å²) in [5.74, 6) is 0.642. The van der Waals surface area contributed by atoms with E-state index in [-0.39, 0.29) is 11.9 Å². The molecule has 0 N–H and O–H groups in total. The Morgan fingerprint density at radius 2 is 1.68 bits per heavy atom. The molecule has 0 saturated carbocycles. The zero-order chi connectivity index (χ0) is 26.3. The molecule has 1 aromatic heterocycles. The Morgan fingerprint density at radius 3 is 2.42 bits per heavy atom. The van der Waals surface area contributed by atoms with Crippen LogP contribution in [0.4, 0.5) is 0 Å². The highest BCUT2D eigenvalue weighted by atomic mass is 32.2. The molecule has 5 rings (SSSR count). The van der Waals surface area contributed by atoms with E-state index >= 15 is 0 Å². The first-order valence-corrected chi connectivity index (χ1v) is 13.1. The Labute approximate surface area is 225 Å². The number of ether oxygens (including phenoxy) is 1. The van der Waals surface area contributed by atoms with E-state index in [2.05, 4.69) is 0 Å². The van der Waals surface area contributed by atoms with Gasteiger partial charge in [-0.3, -0.25) is 14.7 Å². The molecule has 0 spiro atoms. The number of carbonyl (C=O) groups excluding carboxylic acids is 2. The van der Waals surface area contributed by atoms with Gasteiger partial charge in [0.25, 0.3) is 5.91 Å². The molecule has 7 heteroatoms. The zero-order valence-corrected chi connectivity index (χ0v) is 21.7. The molecule has 0 bridgehead atoms. The number of carbonyl (C=O) groups is 2. The first-order chi connectivity index (χ1) is 18.6. The fourth-order valence-electron chi connectivity index (χ4n) is 4.00. The molecule has 1 saturated heterocycles. The Kier molecular flexibility index (Phi) is 7.85. The molecule has 38 heavy (non-hydrogen) atoms.